The first-order chi connectivity index (χ1) is 23.2. The number of allylic oxidation sites excluding steroid dienone is 1. The number of nitrogens with zero attached hydrogens (tertiary/aromatic N) is 3. The van der Waals surface area contributed by atoms with Gasteiger partial charge in [-0.1, -0.05) is 59.9 Å². The maximum atomic E-state index is 14.5. The third kappa shape index (κ3) is 6.37. The minimum Gasteiger partial charge on any atom is -0.491 e. The molecule has 1 aromatic heterocycles. The molecule has 0 unspecified atom stereocenters. The molecule has 0 saturated carbocycles. The van der Waals surface area contributed by atoms with Crippen molar-refractivity contribution in [2.75, 3.05) is 6.61 Å². The lowest BCUT2D eigenvalue weighted by molar-refractivity contribution is -0.384. The summed E-state index contributed by atoms with van der Waals surface area (Å²) in [7, 11) is 0. The molecular formula is C37H33N3O7S. The Morgan fingerprint density at radius 2 is 1.75 bits per heavy atom. The van der Waals surface area contributed by atoms with Gasteiger partial charge in [-0.25, -0.2) is 9.79 Å². The highest BCUT2D eigenvalue weighted by atomic mass is 32.1. The van der Waals surface area contributed by atoms with Crippen LogP contribution in [0.2, 0.25) is 0 Å². The zero-order valence-corrected chi connectivity index (χ0v) is 27.7. The molecule has 1 aliphatic heterocycles. The number of hydrogen-bond donors (Lipinski definition) is 0. The first-order valence-corrected chi connectivity index (χ1v) is 16.3. The number of esters is 1. The van der Waals surface area contributed by atoms with Crippen molar-refractivity contribution < 1.29 is 23.9 Å². The van der Waals surface area contributed by atoms with E-state index in [1.165, 1.54) is 23.5 Å². The maximum absolute atomic E-state index is 14.5. The molecule has 0 aliphatic carbocycles. The molecule has 0 radical (unpaired) electrons. The van der Waals surface area contributed by atoms with E-state index in [0.29, 0.717) is 37.7 Å². The van der Waals surface area contributed by atoms with Crippen LogP contribution in [-0.4, -0.2) is 28.2 Å². The van der Waals surface area contributed by atoms with Crippen LogP contribution in [0.3, 0.4) is 0 Å². The Labute approximate surface area is 280 Å². The molecule has 6 rings (SSSR count). The number of benzene rings is 4. The van der Waals surface area contributed by atoms with Crippen LogP contribution in [-0.2, 0) is 16.1 Å². The molecule has 4 aromatic carbocycles. The van der Waals surface area contributed by atoms with Crippen molar-refractivity contribution in [1.82, 2.24) is 4.57 Å². The zero-order valence-electron chi connectivity index (χ0n) is 26.8. The van der Waals surface area contributed by atoms with Gasteiger partial charge in [0, 0.05) is 23.3 Å². The molecule has 1 aliphatic rings. The number of hydrogen-bond acceptors (Lipinski definition) is 9. The fourth-order valence-corrected chi connectivity index (χ4v) is 6.74. The second kappa shape index (κ2) is 13.7. The van der Waals surface area contributed by atoms with E-state index in [0.717, 1.165) is 16.3 Å². The van der Waals surface area contributed by atoms with Gasteiger partial charge in [0.05, 0.1) is 33.4 Å². The van der Waals surface area contributed by atoms with E-state index < -0.39 is 16.9 Å². The van der Waals surface area contributed by atoms with Gasteiger partial charge in [-0.05, 0) is 74.4 Å². The van der Waals surface area contributed by atoms with Crippen LogP contribution in [0.1, 0.15) is 50.4 Å². The van der Waals surface area contributed by atoms with E-state index in [1.807, 2.05) is 74.5 Å². The Hall–Kier alpha value is -5.55. The highest BCUT2D eigenvalue weighted by Gasteiger charge is 2.35. The van der Waals surface area contributed by atoms with E-state index in [-0.39, 0.29) is 36.1 Å². The molecule has 11 heteroatoms. The lowest BCUT2D eigenvalue weighted by Crippen LogP contribution is -2.40. The molecule has 0 bridgehead atoms. The second-order valence-electron chi connectivity index (χ2n) is 11.4. The lowest BCUT2D eigenvalue weighted by Gasteiger charge is -2.26. The maximum Gasteiger partial charge on any atom is 0.338 e. The van der Waals surface area contributed by atoms with Crippen molar-refractivity contribution in [3.8, 4) is 11.5 Å². The number of rotatable bonds is 10. The van der Waals surface area contributed by atoms with Gasteiger partial charge in [0.2, 0.25) is 0 Å². The molecule has 0 fully saturated rings. The van der Waals surface area contributed by atoms with Crippen molar-refractivity contribution in [2.45, 2.75) is 46.4 Å². The summed E-state index contributed by atoms with van der Waals surface area (Å²) in [5.74, 6) is 0.543. The van der Waals surface area contributed by atoms with E-state index >= 15 is 0 Å². The Balaban J connectivity index is 1.51. The molecule has 2 heterocycles. The fourth-order valence-electron chi connectivity index (χ4n) is 5.71. The monoisotopic (exact) mass is 663 g/mol. The van der Waals surface area contributed by atoms with Crippen LogP contribution in [0.25, 0.3) is 16.8 Å². The van der Waals surface area contributed by atoms with Gasteiger partial charge in [-0.15, -0.1) is 0 Å². The summed E-state index contributed by atoms with van der Waals surface area (Å²) in [5.41, 5.74) is 2.50. The third-order valence-electron chi connectivity index (χ3n) is 7.84. The van der Waals surface area contributed by atoms with Gasteiger partial charge in [0.15, 0.2) is 4.80 Å². The van der Waals surface area contributed by atoms with Crippen molar-refractivity contribution in [2.24, 2.45) is 4.99 Å². The summed E-state index contributed by atoms with van der Waals surface area (Å²) >= 11 is 1.22. The molecule has 244 valence electrons. The molecule has 0 saturated heterocycles. The Kier molecular flexibility index (Phi) is 9.22. The largest absolute Gasteiger partial charge is 0.491 e. The number of fused-ring (bicyclic) bond motifs is 2. The van der Waals surface area contributed by atoms with Gasteiger partial charge in [0.1, 0.15) is 24.1 Å². The summed E-state index contributed by atoms with van der Waals surface area (Å²) in [4.78, 5) is 43.7. The van der Waals surface area contributed by atoms with E-state index in [1.54, 1.807) is 36.6 Å². The number of aromatic nitrogens is 1. The summed E-state index contributed by atoms with van der Waals surface area (Å²) < 4.78 is 19.8. The number of carbonyl (C=O) groups excluding carboxylic acids is 1. The SMILES string of the molecule is CCOC(=O)C1=C(C)N=c2s/c(=C\c3c(OCc4ccc([N+](=O)[O-])cc4)ccc4ccccc34)c(=O)n2[C@@H]1c1ccccc1OC(C)C. The number of non-ortho nitro benzene ring substituents is 1. The number of ether oxygens (including phenoxy) is 3. The van der Waals surface area contributed by atoms with Gasteiger partial charge >= 0.3 is 5.97 Å². The van der Waals surface area contributed by atoms with Gasteiger partial charge in [-0.3, -0.25) is 19.5 Å². The van der Waals surface area contributed by atoms with Crippen molar-refractivity contribution >= 4 is 39.8 Å². The summed E-state index contributed by atoms with van der Waals surface area (Å²) in [6.45, 7) is 7.65. The van der Waals surface area contributed by atoms with Crippen molar-refractivity contribution in [1.29, 1.82) is 0 Å². The predicted octanol–water partition coefficient (Wildman–Crippen LogP) is 6.23. The van der Waals surface area contributed by atoms with Crippen molar-refractivity contribution in [3.63, 3.8) is 0 Å². The molecule has 5 aromatic rings. The second-order valence-corrected chi connectivity index (χ2v) is 12.4. The Morgan fingerprint density at radius 3 is 2.48 bits per heavy atom. The van der Waals surface area contributed by atoms with Gasteiger partial charge < -0.3 is 14.2 Å². The predicted molar refractivity (Wildman–Crippen MR) is 184 cm³/mol. The van der Waals surface area contributed by atoms with Gasteiger partial charge in [0.25, 0.3) is 11.2 Å². The number of nitro groups is 1. The lowest BCUT2D eigenvalue weighted by atomic mass is 9.95. The summed E-state index contributed by atoms with van der Waals surface area (Å²) in [6.07, 6.45) is 1.66. The fraction of sp³-hybridized carbons (Fsp3) is 0.216. The minimum absolute atomic E-state index is 0.00133. The van der Waals surface area contributed by atoms with E-state index in [2.05, 4.69) is 0 Å². The molecule has 0 spiro atoms. The summed E-state index contributed by atoms with van der Waals surface area (Å²) in [5, 5.41) is 12.9. The average molecular weight is 664 g/mol. The van der Waals surface area contributed by atoms with Crippen molar-refractivity contribution in [3.05, 3.63) is 143 Å². The number of para-hydroxylation sites is 1. The number of nitro benzene ring substituents is 1. The van der Waals surface area contributed by atoms with Gasteiger partial charge in [-0.2, -0.15) is 0 Å². The highest BCUT2D eigenvalue weighted by Crippen LogP contribution is 2.36. The molecule has 0 amide bonds. The smallest absolute Gasteiger partial charge is 0.338 e. The van der Waals surface area contributed by atoms with E-state index in [4.69, 9.17) is 19.2 Å². The Bertz CT molecular complexity index is 2250. The molecule has 48 heavy (non-hydrogen) atoms. The zero-order chi connectivity index (χ0) is 33.9. The van der Waals surface area contributed by atoms with Crippen LogP contribution < -0.4 is 24.4 Å². The average Bonchev–Trinajstić information content (AvgIpc) is 3.37. The minimum atomic E-state index is -0.831. The van der Waals surface area contributed by atoms with Crippen LogP contribution in [0, 0.1) is 10.1 Å². The van der Waals surface area contributed by atoms with Crippen LogP contribution >= 0.6 is 11.3 Å². The van der Waals surface area contributed by atoms with Crippen LogP contribution in [0.4, 0.5) is 5.69 Å². The standard InChI is InChI=1S/C37H33N3O7S/c1-5-45-36(42)33-23(4)38-37-39(34(33)28-12-8-9-13-31(28)47-22(2)3)35(41)32(48-37)20-29-27-11-7-6-10-25(27)16-19-30(29)46-21-24-14-17-26(18-15-24)40(43)44/h6-20,22,34H,5,21H2,1-4H3/b32-20-/t34-/m1/s1. The molecule has 0 N–H and O–H groups in total. The van der Waals surface area contributed by atoms with Crippen LogP contribution in [0.15, 0.2) is 106 Å². The molecular weight excluding hydrogens is 630 g/mol. The van der Waals surface area contributed by atoms with E-state index in [9.17, 15) is 19.7 Å². The Morgan fingerprint density at radius 1 is 1.02 bits per heavy atom. The molecule has 1 atom stereocenters. The van der Waals surface area contributed by atoms with Crippen LogP contribution in [0.5, 0.6) is 11.5 Å². The normalized spacial score (nSPS) is 14.5. The quantitative estimate of drug-likeness (QED) is 0.0987. The third-order valence-corrected chi connectivity index (χ3v) is 8.82. The summed E-state index contributed by atoms with van der Waals surface area (Å²) in [6, 6.07) is 24.3. The first-order valence-electron chi connectivity index (χ1n) is 15.5. The molecule has 10 nitrogen and oxygen atoms in total. The topological polar surface area (TPSA) is 122 Å². The first kappa shape index (κ1) is 32.4. The highest BCUT2D eigenvalue weighted by molar-refractivity contribution is 7.07. The number of carbonyl (C=O) groups is 1. The number of thiazole rings is 1.